The molecule has 0 radical (unpaired) electrons. The summed E-state index contributed by atoms with van der Waals surface area (Å²) in [7, 11) is 1.43. The van der Waals surface area contributed by atoms with Gasteiger partial charge in [-0.25, -0.2) is 8.78 Å². The smallest absolute Gasteiger partial charge is 0.257 e. The zero-order valence-corrected chi connectivity index (χ0v) is 7.21. The van der Waals surface area contributed by atoms with Gasteiger partial charge in [0, 0.05) is 5.56 Å². The van der Waals surface area contributed by atoms with Crippen molar-refractivity contribution in [2.24, 2.45) is 5.73 Å². The van der Waals surface area contributed by atoms with Crippen molar-refractivity contribution in [3.8, 4) is 5.75 Å². The van der Waals surface area contributed by atoms with Crippen LogP contribution >= 0.6 is 0 Å². The lowest BCUT2D eigenvalue weighted by atomic mass is 10.1. The molecule has 0 aliphatic heterocycles. The fraction of sp³-hybridized carbons (Fsp3) is 0.333. The van der Waals surface area contributed by atoms with Gasteiger partial charge in [0.15, 0.2) is 0 Å². The van der Waals surface area contributed by atoms with Gasteiger partial charge in [-0.15, -0.1) is 0 Å². The molecule has 4 heteroatoms. The fourth-order valence-electron chi connectivity index (χ4n) is 1.08. The van der Waals surface area contributed by atoms with Gasteiger partial charge in [0.1, 0.15) is 5.75 Å². The van der Waals surface area contributed by atoms with E-state index in [4.69, 9.17) is 10.5 Å². The minimum Gasteiger partial charge on any atom is -0.496 e. The quantitative estimate of drug-likeness (QED) is 0.785. The third kappa shape index (κ3) is 2.15. The van der Waals surface area contributed by atoms with E-state index in [1.165, 1.54) is 13.2 Å². The lowest BCUT2D eigenvalue weighted by molar-refractivity contribution is 0.115. The molecule has 1 aromatic carbocycles. The largest absolute Gasteiger partial charge is 0.496 e. The highest BCUT2D eigenvalue weighted by Crippen LogP contribution is 2.26. The first kappa shape index (κ1) is 9.92. The summed E-state index contributed by atoms with van der Waals surface area (Å²) in [6.07, 6.45) is -2.57. The highest BCUT2D eigenvalue weighted by atomic mass is 19.3. The van der Waals surface area contributed by atoms with Crippen molar-refractivity contribution in [2.75, 3.05) is 7.11 Å². The molecule has 1 rings (SSSR count). The Morgan fingerprint density at radius 1 is 1.31 bits per heavy atom. The lowest BCUT2D eigenvalue weighted by Crippen LogP contribution is -2.19. The van der Waals surface area contributed by atoms with Crippen LogP contribution in [0.2, 0.25) is 0 Å². The van der Waals surface area contributed by atoms with Crippen LogP contribution in [0.4, 0.5) is 8.78 Å². The molecule has 2 nitrogen and oxygen atoms in total. The van der Waals surface area contributed by atoms with E-state index in [1.54, 1.807) is 18.2 Å². The molecular formula is C9H11F2NO. The summed E-state index contributed by atoms with van der Waals surface area (Å²) in [6.45, 7) is 0. The molecule has 2 N–H and O–H groups in total. The van der Waals surface area contributed by atoms with Crippen molar-refractivity contribution in [3.63, 3.8) is 0 Å². The van der Waals surface area contributed by atoms with Crippen molar-refractivity contribution < 1.29 is 13.5 Å². The van der Waals surface area contributed by atoms with Gasteiger partial charge in [0.25, 0.3) is 6.43 Å². The topological polar surface area (TPSA) is 35.2 Å². The Hall–Kier alpha value is -1.16. The molecule has 13 heavy (non-hydrogen) atoms. The zero-order chi connectivity index (χ0) is 9.84. The van der Waals surface area contributed by atoms with Crippen LogP contribution in [0.15, 0.2) is 24.3 Å². The molecule has 1 aromatic rings. The Bertz CT molecular complexity index is 278. The van der Waals surface area contributed by atoms with E-state index in [0.29, 0.717) is 11.3 Å². The van der Waals surface area contributed by atoms with Crippen molar-refractivity contribution in [1.29, 1.82) is 0 Å². The number of rotatable bonds is 3. The maximum absolute atomic E-state index is 12.2. The zero-order valence-electron chi connectivity index (χ0n) is 7.21. The Kier molecular flexibility index (Phi) is 3.19. The summed E-state index contributed by atoms with van der Waals surface area (Å²) in [5.74, 6) is 0.398. The van der Waals surface area contributed by atoms with Gasteiger partial charge in [-0.1, -0.05) is 18.2 Å². The van der Waals surface area contributed by atoms with Gasteiger partial charge in [-0.05, 0) is 6.07 Å². The van der Waals surface area contributed by atoms with Crippen LogP contribution in [0, 0.1) is 0 Å². The third-order valence-corrected chi connectivity index (χ3v) is 1.77. The van der Waals surface area contributed by atoms with Gasteiger partial charge in [0.05, 0.1) is 13.2 Å². The highest BCUT2D eigenvalue weighted by Gasteiger charge is 2.20. The van der Waals surface area contributed by atoms with Crippen LogP contribution in [0.25, 0.3) is 0 Å². The first-order chi connectivity index (χ1) is 6.16. The Morgan fingerprint density at radius 3 is 2.46 bits per heavy atom. The second kappa shape index (κ2) is 4.18. The van der Waals surface area contributed by atoms with Crippen molar-refractivity contribution in [3.05, 3.63) is 29.8 Å². The van der Waals surface area contributed by atoms with Crippen LogP contribution in [-0.4, -0.2) is 13.5 Å². The predicted molar refractivity (Wildman–Crippen MR) is 45.9 cm³/mol. The van der Waals surface area contributed by atoms with Gasteiger partial charge < -0.3 is 10.5 Å². The van der Waals surface area contributed by atoms with Crippen molar-refractivity contribution in [2.45, 2.75) is 12.5 Å². The molecule has 0 saturated carbocycles. The summed E-state index contributed by atoms with van der Waals surface area (Å²) in [5, 5.41) is 0. The Morgan fingerprint density at radius 2 is 1.92 bits per heavy atom. The molecule has 0 amide bonds. The number of para-hydroxylation sites is 1. The molecule has 1 atom stereocenters. The minimum atomic E-state index is -2.57. The summed E-state index contributed by atoms with van der Waals surface area (Å²) in [6, 6.07) is 5.23. The van der Waals surface area contributed by atoms with Crippen LogP contribution < -0.4 is 10.5 Å². The Balaban J connectivity index is 2.98. The minimum absolute atomic E-state index is 0.333. The predicted octanol–water partition coefficient (Wildman–Crippen LogP) is 1.96. The number of alkyl halides is 2. The maximum Gasteiger partial charge on any atom is 0.257 e. The SMILES string of the molecule is COc1ccccc1[C@H](N)C(F)F. The molecule has 0 spiro atoms. The van der Waals surface area contributed by atoms with Crippen LogP contribution in [0.5, 0.6) is 5.75 Å². The third-order valence-electron chi connectivity index (χ3n) is 1.77. The van der Waals surface area contributed by atoms with E-state index in [1.807, 2.05) is 0 Å². The van der Waals surface area contributed by atoms with E-state index in [0.717, 1.165) is 0 Å². The van der Waals surface area contributed by atoms with E-state index in [-0.39, 0.29) is 0 Å². The second-order valence-electron chi connectivity index (χ2n) is 2.60. The average molecular weight is 187 g/mol. The molecule has 0 aromatic heterocycles. The van der Waals surface area contributed by atoms with Gasteiger partial charge >= 0.3 is 0 Å². The van der Waals surface area contributed by atoms with Gasteiger partial charge in [0.2, 0.25) is 0 Å². The number of halogens is 2. The van der Waals surface area contributed by atoms with E-state index in [2.05, 4.69) is 0 Å². The number of nitrogens with two attached hydrogens (primary N) is 1. The number of methoxy groups -OCH3 is 1. The number of benzene rings is 1. The first-order valence-corrected chi connectivity index (χ1v) is 3.83. The van der Waals surface area contributed by atoms with Gasteiger partial charge in [-0.3, -0.25) is 0 Å². The number of hydrogen-bond donors (Lipinski definition) is 1. The normalized spacial score (nSPS) is 13.0. The summed E-state index contributed by atoms with van der Waals surface area (Å²) in [5.41, 5.74) is 5.62. The fourth-order valence-corrected chi connectivity index (χ4v) is 1.08. The Labute approximate surface area is 75.3 Å². The molecule has 0 unspecified atom stereocenters. The molecule has 0 aliphatic rings. The highest BCUT2D eigenvalue weighted by molar-refractivity contribution is 5.35. The molecule has 72 valence electrons. The molecule has 0 heterocycles. The van der Waals surface area contributed by atoms with E-state index in [9.17, 15) is 8.78 Å². The first-order valence-electron chi connectivity index (χ1n) is 3.83. The average Bonchev–Trinajstić information content (AvgIpc) is 2.16. The lowest BCUT2D eigenvalue weighted by Gasteiger charge is -2.14. The number of hydrogen-bond acceptors (Lipinski definition) is 2. The van der Waals surface area contributed by atoms with Crippen molar-refractivity contribution in [1.82, 2.24) is 0 Å². The molecule has 0 fully saturated rings. The maximum atomic E-state index is 12.2. The van der Waals surface area contributed by atoms with Crippen LogP contribution in [0.3, 0.4) is 0 Å². The molecular weight excluding hydrogens is 176 g/mol. The number of ether oxygens (including phenoxy) is 1. The second-order valence-corrected chi connectivity index (χ2v) is 2.60. The van der Waals surface area contributed by atoms with E-state index >= 15 is 0 Å². The molecule has 0 aliphatic carbocycles. The van der Waals surface area contributed by atoms with E-state index < -0.39 is 12.5 Å². The van der Waals surface area contributed by atoms with Crippen molar-refractivity contribution >= 4 is 0 Å². The standard InChI is InChI=1S/C9H11F2NO/c1-13-7-5-3-2-4-6(7)8(12)9(10)11/h2-5,8-9H,12H2,1H3/t8-/m0/s1. The summed E-state index contributed by atoms with van der Waals surface area (Å²) < 4.78 is 29.4. The van der Waals surface area contributed by atoms with Crippen LogP contribution in [-0.2, 0) is 0 Å². The molecule has 0 saturated heterocycles. The van der Waals surface area contributed by atoms with Crippen LogP contribution in [0.1, 0.15) is 11.6 Å². The molecule has 0 bridgehead atoms. The van der Waals surface area contributed by atoms with Gasteiger partial charge in [-0.2, -0.15) is 0 Å². The monoisotopic (exact) mass is 187 g/mol. The summed E-state index contributed by atoms with van der Waals surface area (Å²) >= 11 is 0. The summed E-state index contributed by atoms with van der Waals surface area (Å²) in [4.78, 5) is 0.